The Bertz CT molecular complexity index is 667. The second kappa shape index (κ2) is 5.58. The number of nitrogens with two attached hydrogens (primary N) is 1. The molecule has 19 heavy (non-hydrogen) atoms. The van der Waals surface area contributed by atoms with Crippen LogP contribution < -0.4 is 16.5 Å². The number of nitrogen functional groups attached to an aromatic ring is 1. The van der Waals surface area contributed by atoms with E-state index >= 15 is 0 Å². The average molecular weight is 278 g/mol. The van der Waals surface area contributed by atoms with Crippen molar-refractivity contribution in [3.8, 4) is 0 Å². The summed E-state index contributed by atoms with van der Waals surface area (Å²) in [7, 11) is 0. The third kappa shape index (κ3) is 3.59. The largest absolute Gasteiger partial charge is 0.394 e. The maximum absolute atomic E-state index is 11.8. The first-order valence-electron chi connectivity index (χ1n) is 5.55. The van der Waals surface area contributed by atoms with Gasteiger partial charge in [0.05, 0.1) is 5.69 Å². The van der Waals surface area contributed by atoms with E-state index in [9.17, 15) is 9.59 Å². The summed E-state index contributed by atoms with van der Waals surface area (Å²) in [5, 5.41) is 3.25. The molecule has 2 aromatic rings. The van der Waals surface area contributed by atoms with Gasteiger partial charge in [0.15, 0.2) is 0 Å². The van der Waals surface area contributed by atoms with Crippen LogP contribution in [0.3, 0.4) is 0 Å². The fraction of sp³-hybridized carbons (Fsp3) is 0.0769. The molecule has 1 aromatic carbocycles. The van der Waals surface area contributed by atoms with Crippen molar-refractivity contribution in [1.29, 1.82) is 0 Å². The molecule has 0 aliphatic heterocycles. The van der Waals surface area contributed by atoms with Crippen molar-refractivity contribution < 1.29 is 4.79 Å². The van der Waals surface area contributed by atoms with Crippen LogP contribution in [0.4, 0.5) is 11.4 Å². The lowest BCUT2D eigenvalue weighted by atomic mass is 10.3. The van der Waals surface area contributed by atoms with Gasteiger partial charge in [-0.2, -0.15) is 0 Å². The zero-order valence-corrected chi connectivity index (χ0v) is 10.7. The second-order valence-electron chi connectivity index (χ2n) is 4.00. The van der Waals surface area contributed by atoms with E-state index in [1.807, 2.05) is 0 Å². The number of nitrogens with one attached hydrogen (secondary N) is 1. The van der Waals surface area contributed by atoms with E-state index in [4.69, 9.17) is 17.3 Å². The van der Waals surface area contributed by atoms with Gasteiger partial charge in [0.2, 0.25) is 11.3 Å². The van der Waals surface area contributed by atoms with Crippen LogP contribution in [0, 0.1) is 0 Å². The summed E-state index contributed by atoms with van der Waals surface area (Å²) in [6.07, 6.45) is 2.94. The second-order valence-corrected chi connectivity index (χ2v) is 4.43. The van der Waals surface area contributed by atoms with Crippen LogP contribution in [-0.2, 0) is 11.3 Å². The van der Waals surface area contributed by atoms with Crippen LogP contribution in [0.1, 0.15) is 0 Å². The molecule has 3 N–H and O–H groups in total. The molecule has 0 saturated carbocycles. The third-order valence-corrected chi connectivity index (χ3v) is 2.68. The summed E-state index contributed by atoms with van der Waals surface area (Å²) < 4.78 is 1.54. The number of benzene rings is 1. The van der Waals surface area contributed by atoms with Gasteiger partial charge in [-0.3, -0.25) is 9.59 Å². The smallest absolute Gasteiger partial charge is 0.244 e. The molecule has 0 saturated heterocycles. The molecular formula is C13H12ClN3O2. The van der Waals surface area contributed by atoms with Crippen LogP contribution in [0.2, 0.25) is 5.02 Å². The number of amides is 1. The molecule has 0 fully saturated rings. The van der Waals surface area contributed by atoms with Gasteiger partial charge in [0.1, 0.15) is 6.54 Å². The number of rotatable bonds is 3. The highest BCUT2D eigenvalue weighted by molar-refractivity contribution is 6.30. The van der Waals surface area contributed by atoms with Gasteiger partial charge in [-0.15, -0.1) is 0 Å². The Morgan fingerprint density at radius 1 is 1.37 bits per heavy atom. The van der Waals surface area contributed by atoms with Crippen molar-refractivity contribution in [1.82, 2.24) is 4.57 Å². The number of nitrogens with zero attached hydrogens (tertiary/aromatic N) is 1. The van der Waals surface area contributed by atoms with Crippen molar-refractivity contribution in [3.63, 3.8) is 0 Å². The number of anilines is 2. The first-order valence-corrected chi connectivity index (χ1v) is 5.93. The minimum absolute atomic E-state index is 0.0665. The molecule has 0 spiro atoms. The SMILES string of the molecule is Nc1cn(CC(=O)Nc2cccc(Cl)c2)ccc1=O. The minimum atomic E-state index is -0.258. The summed E-state index contributed by atoms with van der Waals surface area (Å²) in [5.41, 5.74) is 5.95. The minimum Gasteiger partial charge on any atom is -0.394 e. The van der Waals surface area contributed by atoms with E-state index in [0.29, 0.717) is 10.7 Å². The van der Waals surface area contributed by atoms with Gasteiger partial charge >= 0.3 is 0 Å². The van der Waals surface area contributed by atoms with Crippen LogP contribution in [-0.4, -0.2) is 10.5 Å². The highest BCUT2D eigenvalue weighted by Crippen LogP contribution is 2.14. The van der Waals surface area contributed by atoms with E-state index < -0.39 is 0 Å². The Morgan fingerprint density at radius 3 is 2.84 bits per heavy atom. The lowest BCUT2D eigenvalue weighted by Crippen LogP contribution is -2.20. The Balaban J connectivity index is 2.05. The molecule has 0 unspecified atom stereocenters. The maximum Gasteiger partial charge on any atom is 0.244 e. The number of aromatic nitrogens is 1. The van der Waals surface area contributed by atoms with Gasteiger partial charge in [0.25, 0.3) is 0 Å². The van der Waals surface area contributed by atoms with Gasteiger partial charge in [-0.25, -0.2) is 0 Å². The highest BCUT2D eigenvalue weighted by Gasteiger charge is 2.04. The molecule has 0 aliphatic carbocycles. The topological polar surface area (TPSA) is 77.1 Å². The highest BCUT2D eigenvalue weighted by atomic mass is 35.5. The molecule has 1 heterocycles. The fourth-order valence-corrected chi connectivity index (χ4v) is 1.77. The van der Waals surface area contributed by atoms with Gasteiger partial charge < -0.3 is 15.6 Å². The molecule has 0 radical (unpaired) electrons. The molecule has 0 aliphatic rings. The first kappa shape index (κ1) is 13.2. The fourth-order valence-electron chi connectivity index (χ4n) is 1.58. The van der Waals surface area contributed by atoms with E-state index in [0.717, 1.165) is 0 Å². The molecule has 2 rings (SSSR count). The zero-order valence-electron chi connectivity index (χ0n) is 9.97. The van der Waals surface area contributed by atoms with Crippen molar-refractivity contribution in [2.75, 3.05) is 11.1 Å². The predicted octanol–water partition coefficient (Wildman–Crippen LogP) is 1.72. The van der Waals surface area contributed by atoms with E-state index in [-0.39, 0.29) is 23.6 Å². The Kier molecular flexibility index (Phi) is 3.87. The normalized spacial score (nSPS) is 10.2. The monoisotopic (exact) mass is 277 g/mol. The lowest BCUT2D eigenvalue weighted by molar-refractivity contribution is -0.116. The van der Waals surface area contributed by atoms with Crippen molar-refractivity contribution in [3.05, 3.63) is 58.0 Å². The molecule has 98 valence electrons. The van der Waals surface area contributed by atoms with Gasteiger partial charge in [0, 0.05) is 29.2 Å². The average Bonchev–Trinajstić information content (AvgIpc) is 2.34. The number of halogens is 1. The lowest BCUT2D eigenvalue weighted by Gasteiger charge is -2.08. The summed E-state index contributed by atoms with van der Waals surface area (Å²) in [6.45, 7) is 0.0665. The number of hydrogen-bond donors (Lipinski definition) is 2. The molecule has 0 atom stereocenters. The Labute approximate surface area is 114 Å². The summed E-state index contributed by atoms with van der Waals surface area (Å²) in [6, 6.07) is 8.18. The number of hydrogen-bond acceptors (Lipinski definition) is 3. The van der Waals surface area contributed by atoms with E-state index in [2.05, 4.69) is 5.32 Å². The van der Waals surface area contributed by atoms with E-state index in [1.54, 1.807) is 24.3 Å². The third-order valence-electron chi connectivity index (χ3n) is 2.44. The van der Waals surface area contributed by atoms with Crippen LogP contribution in [0.5, 0.6) is 0 Å². The summed E-state index contributed by atoms with van der Waals surface area (Å²) in [4.78, 5) is 22.9. The molecule has 1 amide bonds. The number of pyridine rings is 1. The standard InChI is InChI=1S/C13H12ClN3O2/c14-9-2-1-3-10(6-9)16-13(19)8-17-5-4-12(18)11(15)7-17/h1-7H,8,15H2,(H,16,19). The van der Waals surface area contributed by atoms with Crippen LogP contribution in [0.15, 0.2) is 47.5 Å². The Hall–Kier alpha value is -2.27. The maximum atomic E-state index is 11.8. The molecule has 6 heteroatoms. The van der Waals surface area contributed by atoms with Crippen LogP contribution in [0.25, 0.3) is 0 Å². The zero-order chi connectivity index (χ0) is 13.8. The summed E-state index contributed by atoms with van der Waals surface area (Å²) in [5.74, 6) is -0.231. The van der Waals surface area contributed by atoms with Gasteiger partial charge in [-0.1, -0.05) is 17.7 Å². The quantitative estimate of drug-likeness (QED) is 0.897. The molecular weight excluding hydrogens is 266 g/mol. The van der Waals surface area contributed by atoms with Crippen LogP contribution >= 0.6 is 11.6 Å². The molecule has 5 nitrogen and oxygen atoms in total. The van der Waals surface area contributed by atoms with E-state index in [1.165, 1.54) is 23.0 Å². The van der Waals surface area contributed by atoms with Gasteiger partial charge in [-0.05, 0) is 18.2 Å². The predicted molar refractivity (Wildman–Crippen MR) is 75.2 cm³/mol. The first-order chi connectivity index (χ1) is 9.04. The molecule has 0 bridgehead atoms. The van der Waals surface area contributed by atoms with Crippen molar-refractivity contribution >= 4 is 28.9 Å². The van der Waals surface area contributed by atoms with Crippen molar-refractivity contribution in [2.45, 2.75) is 6.54 Å². The Morgan fingerprint density at radius 2 is 2.16 bits per heavy atom. The summed E-state index contributed by atoms with van der Waals surface area (Å²) >= 11 is 5.82. The number of carbonyl (C=O) groups excluding carboxylic acids is 1. The van der Waals surface area contributed by atoms with Crippen molar-refractivity contribution in [2.24, 2.45) is 0 Å². The number of carbonyl (C=O) groups is 1. The molecule has 1 aromatic heterocycles.